The van der Waals surface area contributed by atoms with E-state index in [9.17, 15) is 0 Å². The minimum atomic E-state index is -0.0188. The maximum atomic E-state index is 6.32. The lowest BCUT2D eigenvalue weighted by Gasteiger charge is -2.25. The molecule has 3 heterocycles. The van der Waals surface area contributed by atoms with Crippen molar-refractivity contribution < 1.29 is 18.9 Å². The van der Waals surface area contributed by atoms with Gasteiger partial charge in [-0.15, -0.1) is 34.0 Å². The molecular weight excluding hydrogens is 617 g/mol. The van der Waals surface area contributed by atoms with Crippen LogP contribution in [0.5, 0.6) is 0 Å². The first kappa shape index (κ1) is 33.9. The van der Waals surface area contributed by atoms with Crippen molar-refractivity contribution in [3.8, 4) is 19.5 Å². The molecule has 0 saturated carbocycles. The highest BCUT2D eigenvalue weighted by atomic mass is 32.1. The van der Waals surface area contributed by atoms with Gasteiger partial charge in [-0.2, -0.15) is 0 Å². The minimum absolute atomic E-state index is 0.0188. The minimum Gasteiger partial charge on any atom is -0.491 e. The lowest BCUT2D eigenvalue weighted by atomic mass is 9.95. The summed E-state index contributed by atoms with van der Waals surface area (Å²) in [7, 11) is 3.61. The molecule has 242 valence electrons. The second-order valence-corrected chi connectivity index (χ2v) is 15.7. The third-order valence-electron chi connectivity index (χ3n) is 8.95. The first-order chi connectivity index (χ1) is 21.4. The molecule has 4 nitrogen and oxygen atoms in total. The van der Waals surface area contributed by atoms with E-state index in [1.54, 1.807) is 14.2 Å². The number of thiophene rings is 3. The number of rotatable bonds is 10. The first-order valence-corrected chi connectivity index (χ1v) is 18.4. The van der Waals surface area contributed by atoms with Gasteiger partial charge in [0.25, 0.3) is 0 Å². The van der Waals surface area contributed by atoms with Crippen LogP contribution in [0.25, 0.3) is 30.7 Å². The normalized spacial score (nSPS) is 18.7. The lowest BCUT2D eigenvalue weighted by Crippen LogP contribution is -2.18. The molecule has 0 aliphatic heterocycles. The van der Waals surface area contributed by atoms with E-state index in [0.717, 1.165) is 24.4 Å². The van der Waals surface area contributed by atoms with Crippen LogP contribution in [0.2, 0.25) is 0 Å². The third kappa shape index (κ3) is 6.31. The molecule has 0 N–H and O–H groups in total. The topological polar surface area (TPSA) is 36.9 Å². The molecule has 0 fully saturated rings. The van der Waals surface area contributed by atoms with E-state index >= 15 is 0 Å². The van der Waals surface area contributed by atoms with Gasteiger partial charge in [-0.1, -0.05) is 12.2 Å². The van der Waals surface area contributed by atoms with Crippen LogP contribution in [0.15, 0.2) is 35.8 Å². The van der Waals surface area contributed by atoms with Gasteiger partial charge in [-0.25, -0.2) is 0 Å². The molecule has 7 heteroatoms. The van der Waals surface area contributed by atoms with E-state index in [1.807, 2.05) is 34.0 Å². The molecule has 0 spiro atoms. The van der Waals surface area contributed by atoms with Gasteiger partial charge in [-0.05, 0) is 128 Å². The van der Waals surface area contributed by atoms with Crippen molar-refractivity contribution in [2.45, 2.75) is 106 Å². The Bertz CT molecular complexity index is 1580. The van der Waals surface area contributed by atoms with E-state index in [-0.39, 0.29) is 24.4 Å². The number of hydrogen-bond donors (Lipinski definition) is 0. The van der Waals surface area contributed by atoms with Crippen molar-refractivity contribution in [1.82, 2.24) is 0 Å². The summed E-state index contributed by atoms with van der Waals surface area (Å²) in [5, 5.41) is 0. The summed E-state index contributed by atoms with van der Waals surface area (Å²) < 4.78 is 24.6. The SMILES string of the molecule is COC1CC=CC(OC(C)C)=C1c1sc(-c2sc(-c3sc(C4=C(OC(C)C)C=CCC4OC)c(C)c3C)c(C)c2C)c(C)c1C. The van der Waals surface area contributed by atoms with Gasteiger partial charge in [0.15, 0.2) is 0 Å². The molecule has 45 heavy (non-hydrogen) atoms. The van der Waals surface area contributed by atoms with Crippen LogP contribution in [0.4, 0.5) is 0 Å². The molecular formula is C38H48O4S3. The Morgan fingerprint density at radius 1 is 0.511 bits per heavy atom. The van der Waals surface area contributed by atoms with Gasteiger partial charge in [0.2, 0.25) is 0 Å². The molecule has 0 bridgehead atoms. The van der Waals surface area contributed by atoms with Crippen LogP contribution in [0.1, 0.15) is 83.7 Å². The molecule has 0 amide bonds. The average Bonchev–Trinajstić information content (AvgIpc) is 3.57. The van der Waals surface area contributed by atoms with Gasteiger partial charge in [0.05, 0.1) is 24.4 Å². The predicted octanol–water partition coefficient (Wildman–Crippen LogP) is 11.3. The summed E-state index contributed by atoms with van der Waals surface area (Å²) in [6.45, 7) is 21.9. The highest BCUT2D eigenvalue weighted by Gasteiger charge is 2.31. The van der Waals surface area contributed by atoms with Gasteiger partial charge < -0.3 is 18.9 Å². The van der Waals surface area contributed by atoms with Crippen LogP contribution in [0, 0.1) is 41.5 Å². The summed E-state index contributed by atoms with van der Waals surface area (Å²) in [5.41, 5.74) is 10.4. The lowest BCUT2D eigenvalue weighted by molar-refractivity contribution is 0.129. The fraction of sp³-hybridized carbons (Fsp3) is 0.474. The summed E-state index contributed by atoms with van der Waals surface area (Å²) in [4.78, 5) is 7.95. The Morgan fingerprint density at radius 2 is 0.800 bits per heavy atom. The van der Waals surface area contributed by atoms with Gasteiger partial charge in [0, 0.05) is 54.6 Å². The van der Waals surface area contributed by atoms with E-state index < -0.39 is 0 Å². The van der Waals surface area contributed by atoms with E-state index in [1.165, 1.54) is 73.8 Å². The quantitative estimate of drug-likeness (QED) is 0.216. The molecule has 2 aliphatic carbocycles. The fourth-order valence-corrected chi connectivity index (χ4v) is 10.8. The third-order valence-corrected chi connectivity index (χ3v) is 13.5. The highest BCUT2D eigenvalue weighted by Crippen LogP contribution is 2.52. The van der Waals surface area contributed by atoms with Crippen molar-refractivity contribution in [3.05, 3.63) is 79.0 Å². The van der Waals surface area contributed by atoms with Gasteiger partial charge in [0.1, 0.15) is 11.5 Å². The smallest absolute Gasteiger partial charge is 0.126 e. The Morgan fingerprint density at radius 3 is 1.09 bits per heavy atom. The number of allylic oxidation sites excluding steroid dienone is 2. The standard InChI is InChI=1S/C38H48O4S3/c1-19(2)41-29-17-13-15-27(39-11)31(29)33-21(5)23(7)35(43-33)37-25(9)26(10)38(45-37)36-24(8)22(6)34(44-36)32-28(40-12)16-14-18-30(32)42-20(3)4/h13-14,17-20,27-28H,15-16H2,1-12H3. The van der Waals surface area contributed by atoms with Crippen LogP contribution in [-0.4, -0.2) is 38.6 Å². The van der Waals surface area contributed by atoms with Crippen molar-refractivity contribution in [2.75, 3.05) is 14.2 Å². The zero-order chi connectivity index (χ0) is 32.7. The number of methoxy groups -OCH3 is 2. The fourth-order valence-electron chi connectivity index (χ4n) is 6.16. The summed E-state index contributed by atoms with van der Waals surface area (Å²) in [6.07, 6.45) is 10.4. The number of ether oxygens (including phenoxy) is 4. The van der Waals surface area contributed by atoms with Crippen molar-refractivity contribution in [1.29, 1.82) is 0 Å². The van der Waals surface area contributed by atoms with Crippen molar-refractivity contribution >= 4 is 45.2 Å². The van der Waals surface area contributed by atoms with E-state index in [4.69, 9.17) is 18.9 Å². The zero-order valence-electron chi connectivity index (χ0n) is 28.9. The monoisotopic (exact) mass is 664 g/mol. The summed E-state index contributed by atoms with van der Waals surface area (Å²) >= 11 is 5.70. The molecule has 3 aromatic rings. The summed E-state index contributed by atoms with van der Waals surface area (Å²) in [5.74, 6) is 1.86. The first-order valence-electron chi connectivity index (χ1n) is 15.9. The van der Waals surface area contributed by atoms with Crippen LogP contribution >= 0.6 is 34.0 Å². The average molecular weight is 665 g/mol. The van der Waals surface area contributed by atoms with Gasteiger partial charge >= 0.3 is 0 Å². The summed E-state index contributed by atoms with van der Waals surface area (Å²) in [6, 6.07) is 0. The molecule has 0 radical (unpaired) electrons. The van der Waals surface area contributed by atoms with Crippen LogP contribution in [-0.2, 0) is 18.9 Å². The maximum Gasteiger partial charge on any atom is 0.126 e. The van der Waals surface area contributed by atoms with Crippen molar-refractivity contribution in [2.24, 2.45) is 0 Å². The molecule has 2 unspecified atom stereocenters. The van der Waals surface area contributed by atoms with E-state index in [0.29, 0.717) is 0 Å². The van der Waals surface area contributed by atoms with E-state index in [2.05, 4.69) is 93.5 Å². The molecule has 3 aromatic heterocycles. The Hall–Kier alpha value is -2.42. The highest BCUT2D eigenvalue weighted by molar-refractivity contribution is 7.27. The second kappa shape index (κ2) is 13.7. The Labute approximate surface area is 282 Å². The van der Waals surface area contributed by atoms with Crippen molar-refractivity contribution in [3.63, 3.8) is 0 Å². The molecule has 0 saturated heterocycles. The Balaban J connectivity index is 1.64. The molecule has 0 aromatic carbocycles. The predicted molar refractivity (Wildman–Crippen MR) is 195 cm³/mol. The molecule has 2 atom stereocenters. The maximum absolute atomic E-state index is 6.32. The Kier molecular flexibility index (Phi) is 10.4. The largest absolute Gasteiger partial charge is 0.491 e. The molecule has 2 aliphatic rings. The second-order valence-electron chi connectivity index (χ2n) is 12.6. The molecule has 5 rings (SSSR count). The number of hydrogen-bond acceptors (Lipinski definition) is 7. The van der Waals surface area contributed by atoms with Gasteiger partial charge in [-0.3, -0.25) is 0 Å². The van der Waals surface area contributed by atoms with Crippen LogP contribution < -0.4 is 0 Å². The zero-order valence-corrected chi connectivity index (χ0v) is 31.3. The van der Waals surface area contributed by atoms with Crippen LogP contribution in [0.3, 0.4) is 0 Å².